The predicted octanol–water partition coefficient (Wildman–Crippen LogP) is 3.30. The van der Waals surface area contributed by atoms with E-state index in [1.54, 1.807) is 11.3 Å². The molecule has 0 saturated carbocycles. The van der Waals surface area contributed by atoms with Crippen molar-refractivity contribution in [2.24, 2.45) is 0 Å². The van der Waals surface area contributed by atoms with E-state index in [2.05, 4.69) is 22.4 Å². The van der Waals surface area contributed by atoms with Crippen molar-refractivity contribution in [3.05, 3.63) is 51.6 Å². The fourth-order valence-corrected chi connectivity index (χ4v) is 2.99. The summed E-state index contributed by atoms with van der Waals surface area (Å²) < 4.78 is 2.82. The highest BCUT2D eigenvalue weighted by atomic mass is 35.5. The highest BCUT2D eigenvalue weighted by molar-refractivity contribution is 7.16. The van der Waals surface area contributed by atoms with Crippen LogP contribution in [0, 0.1) is 0 Å². The highest BCUT2D eigenvalue weighted by Gasteiger charge is 2.12. The van der Waals surface area contributed by atoms with Crippen LogP contribution in [0.15, 0.2) is 36.5 Å². The minimum atomic E-state index is 0.123. The summed E-state index contributed by atoms with van der Waals surface area (Å²) in [6.07, 6.45) is 1.98. The maximum Gasteiger partial charge on any atom is 0.160 e. The van der Waals surface area contributed by atoms with Gasteiger partial charge in [0.2, 0.25) is 0 Å². The summed E-state index contributed by atoms with van der Waals surface area (Å²) in [5.41, 5.74) is 0.866. The first-order valence-corrected chi connectivity index (χ1v) is 7.21. The van der Waals surface area contributed by atoms with Gasteiger partial charge < -0.3 is 5.32 Å². The molecular weight excluding hydrogens is 280 g/mol. The lowest BCUT2D eigenvalue weighted by atomic mass is 10.3. The summed E-state index contributed by atoms with van der Waals surface area (Å²) in [4.78, 5) is 1.21. The van der Waals surface area contributed by atoms with E-state index in [-0.39, 0.29) is 6.04 Å². The van der Waals surface area contributed by atoms with E-state index < -0.39 is 0 Å². The number of rotatable bonds is 4. The van der Waals surface area contributed by atoms with Crippen molar-refractivity contribution in [3.63, 3.8) is 0 Å². The highest BCUT2D eigenvalue weighted by Crippen LogP contribution is 2.22. The molecule has 0 radical (unpaired) electrons. The second-order valence-electron chi connectivity index (χ2n) is 4.30. The van der Waals surface area contributed by atoms with Gasteiger partial charge in [0.25, 0.3) is 0 Å². The Hall–Kier alpha value is -1.43. The van der Waals surface area contributed by atoms with Crippen LogP contribution in [-0.4, -0.2) is 14.6 Å². The van der Waals surface area contributed by atoms with E-state index in [9.17, 15) is 0 Å². The molecule has 0 amide bonds. The molecule has 1 atom stereocenters. The molecular formula is C13H13ClN4S. The van der Waals surface area contributed by atoms with Crippen LogP contribution in [0.5, 0.6) is 0 Å². The third-order valence-electron chi connectivity index (χ3n) is 2.94. The van der Waals surface area contributed by atoms with Gasteiger partial charge in [-0.3, -0.25) is 4.40 Å². The Morgan fingerprint density at radius 3 is 3.00 bits per heavy atom. The molecule has 0 aromatic carbocycles. The molecule has 3 aromatic heterocycles. The number of hydrogen-bond acceptors (Lipinski definition) is 4. The second-order valence-corrected chi connectivity index (χ2v) is 6.10. The maximum absolute atomic E-state index is 5.92. The first kappa shape index (κ1) is 12.6. The van der Waals surface area contributed by atoms with Crippen molar-refractivity contribution in [2.75, 3.05) is 0 Å². The average molecular weight is 293 g/mol. The Morgan fingerprint density at radius 1 is 1.32 bits per heavy atom. The first-order valence-electron chi connectivity index (χ1n) is 6.01. The Morgan fingerprint density at radius 2 is 2.21 bits per heavy atom. The number of aromatic nitrogens is 3. The molecule has 98 valence electrons. The van der Waals surface area contributed by atoms with Crippen molar-refractivity contribution in [2.45, 2.75) is 19.5 Å². The zero-order valence-electron chi connectivity index (χ0n) is 10.4. The van der Waals surface area contributed by atoms with Gasteiger partial charge in [0.1, 0.15) is 0 Å². The Balaban J connectivity index is 1.75. The quantitative estimate of drug-likeness (QED) is 0.802. The minimum absolute atomic E-state index is 0.123. The van der Waals surface area contributed by atoms with E-state index in [0.29, 0.717) is 0 Å². The molecule has 3 aromatic rings. The lowest BCUT2D eigenvalue weighted by Gasteiger charge is -2.11. The van der Waals surface area contributed by atoms with E-state index in [0.717, 1.165) is 22.4 Å². The topological polar surface area (TPSA) is 42.2 Å². The van der Waals surface area contributed by atoms with Crippen LogP contribution in [0.1, 0.15) is 23.7 Å². The van der Waals surface area contributed by atoms with E-state index in [1.807, 2.05) is 40.9 Å². The molecule has 3 heterocycles. The molecule has 0 aliphatic rings. The van der Waals surface area contributed by atoms with Crippen LogP contribution < -0.4 is 5.32 Å². The molecule has 3 rings (SSSR count). The van der Waals surface area contributed by atoms with Crippen LogP contribution in [0.25, 0.3) is 5.65 Å². The Labute approximate surface area is 120 Å². The van der Waals surface area contributed by atoms with Crippen LogP contribution in [-0.2, 0) is 6.54 Å². The smallest absolute Gasteiger partial charge is 0.160 e. The molecule has 6 heteroatoms. The molecule has 0 spiro atoms. The van der Waals surface area contributed by atoms with Crippen LogP contribution in [0.2, 0.25) is 4.34 Å². The fraction of sp³-hybridized carbons (Fsp3) is 0.231. The van der Waals surface area contributed by atoms with Gasteiger partial charge in [0.15, 0.2) is 11.5 Å². The standard InChI is InChI=1S/C13H13ClN4S/c1-9(15-8-10-5-6-11(14)19-10)13-17-16-12-4-2-3-7-18(12)13/h2-7,9,15H,8H2,1H3. The molecule has 0 bridgehead atoms. The fourth-order valence-electron chi connectivity index (χ4n) is 1.95. The van der Waals surface area contributed by atoms with Gasteiger partial charge in [0, 0.05) is 17.6 Å². The predicted molar refractivity (Wildman–Crippen MR) is 77.6 cm³/mol. The number of hydrogen-bond donors (Lipinski definition) is 1. The summed E-state index contributed by atoms with van der Waals surface area (Å²) in [5.74, 6) is 0.915. The summed E-state index contributed by atoms with van der Waals surface area (Å²) >= 11 is 7.51. The van der Waals surface area contributed by atoms with Gasteiger partial charge in [-0.15, -0.1) is 21.5 Å². The van der Waals surface area contributed by atoms with E-state index in [4.69, 9.17) is 11.6 Å². The van der Waals surface area contributed by atoms with Crippen LogP contribution in [0.3, 0.4) is 0 Å². The molecule has 1 N–H and O–H groups in total. The maximum atomic E-state index is 5.92. The van der Waals surface area contributed by atoms with E-state index in [1.165, 1.54) is 4.88 Å². The van der Waals surface area contributed by atoms with E-state index >= 15 is 0 Å². The summed E-state index contributed by atoms with van der Waals surface area (Å²) in [7, 11) is 0. The Bertz CT molecular complexity index is 691. The molecule has 0 saturated heterocycles. The first-order chi connectivity index (χ1) is 9.24. The normalized spacial score (nSPS) is 12.9. The third kappa shape index (κ3) is 2.63. The monoisotopic (exact) mass is 292 g/mol. The minimum Gasteiger partial charge on any atom is -0.303 e. The SMILES string of the molecule is CC(NCc1ccc(Cl)s1)c1nnc2ccccn12. The van der Waals surface area contributed by atoms with Gasteiger partial charge in [0.05, 0.1) is 10.4 Å². The number of halogens is 1. The average Bonchev–Trinajstić information content (AvgIpc) is 3.02. The van der Waals surface area contributed by atoms with Crippen molar-refractivity contribution in [1.82, 2.24) is 19.9 Å². The molecule has 0 fully saturated rings. The summed E-state index contributed by atoms with van der Waals surface area (Å²) in [6.45, 7) is 2.86. The lowest BCUT2D eigenvalue weighted by molar-refractivity contribution is 0.545. The van der Waals surface area contributed by atoms with Crippen molar-refractivity contribution >= 4 is 28.6 Å². The Kier molecular flexibility index (Phi) is 3.50. The lowest BCUT2D eigenvalue weighted by Crippen LogP contribution is -2.19. The third-order valence-corrected chi connectivity index (χ3v) is 4.17. The van der Waals surface area contributed by atoms with Crippen molar-refractivity contribution in [3.8, 4) is 0 Å². The molecule has 19 heavy (non-hydrogen) atoms. The zero-order chi connectivity index (χ0) is 13.2. The van der Waals surface area contributed by atoms with Crippen molar-refractivity contribution < 1.29 is 0 Å². The van der Waals surface area contributed by atoms with Crippen molar-refractivity contribution in [1.29, 1.82) is 0 Å². The van der Waals surface area contributed by atoms with Gasteiger partial charge in [-0.1, -0.05) is 17.7 Å². The zero-order valence-corrected chi connectivity index (χ0v) is 11.9. The molecule has 0 aliphatic carbocycles. The summed E-state index contributed by atoms with van der Waals surface area (Å²) in [6, 6.07) is 9.96. The number of nitrogens with one attached hydrogen (secondary N) is 1. The number of fused-ring (bicyclic) bond motifs is 1. The van der Waals surface area contributed by atoms with Gasteiger partial charge in [-0.05, 0) is 31.2 Å². The summed E-state index contributed by atoms with van der Waals surface area (Å²) in [5, 5.41) is 11.8. The van der Waals surface area contributed by atoms with Crippen LogP contribution >= 0.6 is 22.9 Å². The second kappa shape index (κ2) is 5.28. The molecule has 4 nitrogen and oxygen atoms in total. The number of thiophene rings is 1. The van der Waals surface area contributed by atoms with Gasteiger partial charge in [-0.25, -0.2) is 0 Å². The van der Waals surface area contributed by atoms with Gasteiger partial charge in [-0.2, -0.15) is 0 Å². The number of pyridine rings is 1. The largest absolute Gasteiger partial charge is 0.303 e. The van der Waals surface area contributed by atoms with Crippen LogP contribution in [0.4, 0.5) is 0 Å². The number of nitrogens with zero attached hydrogens (tertiary/aromatic N) is 3. The molecule has 1 unspecified atom stereocenters. The molecule has 0 aliphatic heterocycles. The van der Waals surface area contributed by atoms with Gasteiger partial charge >= 0.3 is 0 Å².